The second-order valence-corrected chi connectivity index (χ2v) is 5.91. The molecule has 1 aromatic carbocycles. The highest BCUT2D eigenvalue weighted by Gasteiger charge is 2.18. The van der Waals surface area contributed by atoms with Crippen molar-refractivity contribution >= 4 is 0 Å². The predicted octanol–water partition coefficient (Wildman–Crippen LogP) is 3.05. The molecular formula is C16H20N2O2. The smallest absolute Gasteiger partial charge is 0.251 e. The fraction of sp³-hybridized carbons (Fsp3) is 0.375. The molecule has 4 nitrogen and oxygen atoms in total. The second kappa shape index (κ2) is 5.12. The Labute approximate surface area is 118 Å². The van der Waals surface area contributed by atoms with Gasteiger partial charge >= 0.3 is 0 Å². The highest BCUT2D eigenvalue weighted by atomic mass is 16.5. The Morgan fingerprint density at radius 3 is 2.45 bits per heavy atom. The van der Waals surface area contributed by atoms with E-state index in [0.717, 1.165) is 16.9 Å². The van der Waals surface area contributed by atoms with Crippen molar-refractivity contribution in [3.8, 4) is 17.0 Å². The van der Waals surface area contributed by atoms with Crippen LogP contribution in [0, 0.1) is 6.92 Å². The van der Waals surface area contributed by atoms with Crippen LogP contribution in [0.3, 0.4) is 0 Å². The maximum Gasteiger partial charge on any atom is 0.251 e. The van der Waals surface area contributed by atoms with Crippen molar-refractivity contribution in [2.45, 2.75) is 33.1 Å². The minimum Gasteiger partial charge on any atom is -0.497 e. The number of ether oxygens (including phenoxy) is 1. The van der Waals surface area contributed by atoms with Crippen LogP contribution in [0.15, 0.2) is 29.1 Å². The Kier molecular flexibility index (Phi) is 3.66. The average Bonchev–Trinajstić information content (AvgIpc) is 2.36. The molecule has 0 radical (unpaired) electrons. The quantitative estimate of drug-likeness (QED) is 0.914. The van der Waals surface area contributed by atoms with Crippen LogP contribution in [-0.4, -0.2) is 17.1 Å². The van der Waals surface area contributed by atoms with E-state index in [1.165, 1.54) is 6.07 Å². The lowest BCUT2D eigenvalue weighted by molar-refractivity contribution is 0.414. The van der Waals surface area contributed by atoms with Gasteiger partial charge in [-0.3, -0.25) is 4.79 Å². The first-order chi connectivity index (χ1) is 9.31. The van der Waals surface area contributed by atoms with Gasteiger partial charge < -0.3 is 9.72 Å². The van der Waals surface area contributed by atoms with Crippen LogP contribution in [0.1, 0.15) is 32.2 Å². The van der Waals surface area contributed by atoms with E-state index in [1.54, 1.807) is 7.11 Å². The molecule has 2 aromatic rings. The Morgan fingerprint density at radius 1 is 1.20 bits per heavy atom. The van der Waals surface area contributed by atoms with Gasteiger partial charge in [-0.25, -0.2) is 4.98 Å². The molecule has 0 saturated heterocycles. The fourth-order valence-corrected chi connectivity index (χ4v) is 2.00. The summed E-state index contributed by atoms with van der Waals surface area (Å²) >= 11 is 0. The van der Waals surface area contributed by atoms with Crippen LogP contribution < -0.4 is 10.3 Å². The SMILES string of the molecule is COc1ccc(-c2cc(=O)[nH]c(C(C)(C)C)n2)c(C)c1. The van der Waals surface area contributed by atoms with Gasteiger partial charge in [0, 0.05) is 17.0 Å². The maximum atomic E-state index is 11.8. The number of H-pyrrole nitrogens is 1. The minimum absolute atomic E-state index is 0.129. The summed E-state index contributed by atoms with van der Waals surface area (Å²) in [5.74, 6) is 1.49. The van der Waals surface area contributed by atoms with Gasteiger partial charge in [0.25, 0.3) is 5.56 Å². The standard InChI is InChI=1S/C16H20N2O2/c1-10-8-11(20-5)6-7-12(10)13-9-14(19)18-15(17-13)16(2,3)4/h6-9H,1-5H3,(H,17,18,19). The molecule has 106 valence electrons. The molecule has 0 aliphatic heterocycles. The van der Waals surface area contributed by atoms with Gasteiger partial charge in [0.05, 0.1) is 12.8 Å². The zero-order valence-electron chi connectivity index (χ0n) is 12.6. The van der Waals surface area contributed by atoms with Crippen molar-refractivity contribution in [1.29, 1.82) is 0 Å². The zero-order chi connectivity index (χ0) is 14.9. The van der Waals surface area contributed by atoms with Crippen molar-refractivity contribution in [1.82, 2.24) is 9.97 Å². The number of hydrogen-bond donors (Lipinski definition) is 1. The van der Waals surface area contributed by atoms with Crippen LogP contribution in [0.25, 0.3) is 11.3 Å². The Morgan fingerprint density at radius 2 is 1.90 bits per heavy atom. The molecule has 0 saturated carbocycles. The summed E-state index contributed by atoms with van der Waals surface area (Å²) < 4.78 is 5.20. The molecular weight excluding hydrogens is 252 g/mol. The lowest BCUT2D eigenvalue weighted by atomic mass is 9.95. The van der Waals surface area contributed by atoms with Crippen molar-refractivity contribution in [2.75, 3.05) is 7.11 Å². The fourth-order valence-electron chi connectivity index (χ4n) is 2.00. The molecule has 0 atom stereocenters. The van der Waals surface area contributed by atoms with Gasteiger partial charge in [-0.2, -0.15) is 0 Å². The van der Waals surface area contributed by atoms with Crippen LogP contribution in [-0.2, 0) is 5.41 Å². The third kappa shape index (κ3) is 2.90. The summed E-state index contributed by atoms with van der Waals surface area (Å²) in [5, 5.41) is 0. The van der Waals surface area contributed by atoms with Crippen LogP contribution in [0.4, 0.5) is 0 Å². The number of hydrogen-bond acceptors (Lipinski definition) is 3. The van der Waals surface area contributed by atoms with Crippen molar-refractivity contribution < 1.29 is 4.74 Å². The Hall–Kier alpha value is -2.10. The number of aromatic amines is 1. The van der Waals surface area contributed by atoms with Crippen LogP contribution >= 0.6 is 0 Å². The van der Waals surface area contributed by atoms with E-state index in [0.29, 0.717) is 11.5 Å². The zero-order valence-corrected chi connectivity index (χ0v) is 12.6. The Bertz CT molecular complexity index is 682. The van der Waals surface area contributed by atoms with Gasteiger partial charge in [-0.15, -0.1) is 0 Å². The van der Waals surface area contributed by atoms with Crippen molar-refractivity contribution in [3.05, 3.63) is 46.0 Å². The van der Waals surface area contributed by atoms with Crippen molar-refractivity contribution in [3.63, 3.8) is 0 Å². The van der Waals surface area contributed by atoms with E-state index in [4.69, 9.17) is 4.74 Å². The third-order valence-corrected chi connectivity index (χ3v) is 3.16. The molecule has 0 unspecified atom stereocenters. The summed E-state index contributed by atoms with van der Waals surface area (Å²) in [5.41, 5.74) is 2.34. The summed E-state index contributed by atoms with van der Waals surface area (Å²) in [6.45, 7) is 8.05. The summed E-state index contributed by atoms with van der Waals surface area (Å²) in [4.78, 5) is 19.2. The molecule has 0 amide bonds. The van der Waals surface area contributed by atoms with Crippen molar-refractivity contribution in [2.24, 2.45) is 0 Å². The van der Waals surface area contributed by atoms with Gasteiger partial charge in [-0.1, -0.05) is 20.8 Å². The van der Waals surface area contributed by atoms with Crippen LogP contribution in [0.5, 0.6) is 5.75 Å². The molecule has 0 bridgehead atoms. The molecule has 0 aliphatic rings. The molecule has 4 heteroatoms. The first-order valence-corrected chi connectivity index (χ1v) is 6.58. The van der Waals surface area contributed by atoms with E-state index in [1.807, 2.05) is 45.9 Å². The van der Waals surface area contributed by atoms with Gasteiger partial charge in [0.1, 0.15) is 11.6 Å². The lowest BCUT2D eigenvalue weighted by Gasteiger charge is -2.18. The second-order valence-electron chi connectivity index (χ2n) is 5.91. The predicted molar refractivity (Wildman–Crippen MR) is 80.3 cm³/mol. The summed E-state index contributed by atoms with van der Waals surface area (Å²) in [6, 6.07) is 7.28. The summed E-state index contributed by atoms with van der Waals surface area (Å²) in [6.07, 6.45) is 0. The third-order valence-electron chi connectivity index (χ3n) is 3.16. The molecule has 0 aliphatic carbocycles. The number of nitrogens with one attached hydrogen (secondary N) is 1. The highest BCUT2D eigenvalue weighted by molar-refractivity contribution is 5.64. The highest BCUT2D eigenvalue weighted by Crippen LogP contribution is 2.26. The number of aryl methyl sites for hydroxylation is 1. The van der Waals surface area contributed by atoms with E-state index >= 15 is 0 Å². The summed E-state index contributed by atoms with van der Waals surface area (Å²) in [7, 11) is 1.64. The van der Waals surface area contributed by atoms with Gasteiger partial charge in [0.2, 0.25) is 0 Å². The molecule has 1 heterocycles. The van der Waals surface area contributed by atoms with Gasteiger partial charge in [0.15, 0.2) is 0 Å². The number of methoxy groups -OCH3 is 1. The molecule has 1 aromatic heterocycles. The first-order valence-electron chi connectivity index (χ1n) is 6.58. The number of aromatic nitrogens is 2. The molecule has 2 rings (SSSR count). The van der Waals surface area contributed by atoms with E-state index < -0.39 is 0 Å². The van der Waals surface area contributed by atoms with Gasteiger partial charge in [-0.05, 0) is 30.7 Å². The normalized spacial score (nSPS) is 11.4. The van der Waals surface area contributed by atoms with E-state index in [2.05, 4.69) is 9.97 Å². The van der Waals surface area contributed by atoms with E-state index in [9.17, 15) is 4.79 Å². The maximum absolute atomic E-state index is 11.8. The molecule has 20 heavy (non-hydrogen) atoms. The lowest BCUT2D eigenvalue weighted by Crippen LogP contribution is -2.22. The van der Waals surface area contributed by atoms with Crippen LogP contribution in [0.2, 0.25) is 0 Å². The molecule has 0 spiro atoms. The number of benzene rings is 1. The Balaban J connectivity index is 2.59. The number of rotatable bonds is 2. The van der Waals surface area contributed by atoms with E-state index in [-0.39, 0.29) is 11.0 Å². The monoisotopic (exact) mass is 272 g/mol. The topological polar surface area (TPSA) is 55.0 Å². The molecule has 0 fully saturated rings. The largest absolute Gasteiger partial charge is 0.497 e. The molecule has 1 N–H and O–H groups in total. The average molecular weight is 272 g/mol. The number of nitrogens with zero attached hydrogens (tertiary/aromatic N) is 1. The minimum atomic E-state index is -0.199. The first kappa shape index (κ1) is 14.3.